The lowest BCUT2D eigenvalue weighted by atomic mass is 10.00. The molecule has 2 rings (SSSR count). The molecule has 0 saturated heterocycles. The fourth-order valence-electron chi connectivity index (χ4n) is 2.50. The number of sulfone groups is 1. The Morgan fingerprint density at radius 3 is 2.21 bits per heavy atom. The van der Waals surface area contributed by atoms with E-state index in [1.807, 2.05) is 18.2 Å². The Labute approximate surface area is 147 Å². The molecule has 2 aromatic rings. The van der Waals surface area contributed by atoms with E-state index < -0.39 is 15.8 Å². The lowest BCUT2D eigenvalue weighted by Gasteiger charge is -2.08. The van der Waals surface area contributed by atoms with Crippen molar-refractivity contribution in [2.45, 2.75) is 30.6 Å². The number of hydrogen-bond acceptors (Lipinski definition) is 3. The minimum atomic E-state index is -3.31. The van der Waals surface area contributed by atoms with E-state index in [-0.39, 0.29) is 17.1 Å². The maximum atomic E-state index is 12.2. The van der Waals surface area contributed by atoms with Gasteiger partial charge in [0.05, 0.1) is 17.1 Å². The molecule has 0 heterocycles. The van der Waals surface area contributed by atoms with E-state index in [0.29, 0.717) is 24.3 Å². The number of unbranched alkanes of at least 4 members (excludes halogenated alkanes) is 1. The van der Waals surface area contributed by atoms with Crippen LogP contribution in [0.15, 0.2) is 53.4 Å². The van der Waals surface area contributed by atoms with Crippen molar-refractivity contribution in [1.29, 1.82) is 0 Å². The van der Waals surface area contributed by atoms with Gasteiger partial charge in [0.25, 0.3) is 0 Å². The molecule has 4 nitrogen and oxygen atoms in total. The standard InChI is InChI=1S/C18H19ClO4S/c19-16-8-10-17(11-9-16)24(22,23)12-4-3-6-14-5-1-2-7-15(14)13-18(20)21/h1-2,5,7-11H,3-4,6,12-13H2,(H,20,21). The summed E-state index contributed by atoms with van der Waals surface area (Å²) < 4.78 is 24.5. The van der Waals surface area contributed by atoms with Gasteiger partial charge >= 0.3 is 5.97 Å². The average molecular weight is 367 g/mol. The molecule has 0 aliphatic carbocycles. The van der Waals surface area contributed by atoms with Crippen molar-refractivity contribution in [1.82, 2.24) is 0 Å². The predicted octanol–water partition coefficient (Wildman–Crippen LogP) is 3.76. The van der Waals surface area contributed by atoms with Crippen LogP contribution in [-0.4, -0.2) is 25.2 Å². The second kappa shape index (κ2) is 8.31. The zero-order valence-electron chi connectivity index (χ0n) is 13.1. The third-order valence-corrected chi connectivity index (χ3v) is 5.81. The molecule has 6 heteroatoms. The molecule has 24 heavy (non-hydrogen) atoms. The van der Waals surface area contributed by atoms with Crippen LogP contribution in [0.3, 0.4) is 0 Å². The summed E-state index contributed by atoms with van der Waals surface area (Å²) in [5.74, 6) is -0.803. The van der Waals surface area contributed by atoms with E-state index >= 15 is 0 Å². The van der Waals surface area contributed by atoms with Gasteiger partial charge in [-0.1, -0.05) is 35.9 Å². The number of aliphatic carboxylic acids is 1. The first-order chi connectivity index (χ1) is 11.4. The molecule has 0 radical (unpaired) electrons. The number of aryl methyl sites for hydroxylation is 1. The van der Waals surface area contributed by atoms with Crippen LogP contribution >= 0.6 is 11.6 Å². The highest BCUT2D eigenvalue weighted by molar-refractivity contribution is 7.91. The Morgan fingerprint density at radius 1 is 0.958 bits per heavy atom. The number of benzene rings is 2. The molecule has 0 bridgehead atoms. The third-order valence-electron chi connectivity index (χ3n) is 3.74. The minimum Gasteiger partial charge on any atom is -0.481 e. The van der Waals surface area contributed by atoms with Crippen LogP contribution in [0.2, 0.25) is 5.02 Å². The number of rotatable bonds is 8. The van der Waals surface area contributed by atoms with Crippen molar-refractivity contribution in [3.05, 3.63) is 64.7 Å². The van der Waals surface area contributed by atoms with E-state index in [0.717, 1.165) is 11.1 Å². The topological polar surface area (TPSA) is 71.4 Å². The van der Waals surface area contributed by atoms with E-state index in [4.69, 9.17) is 16.7 Å². The largest absolute Gasteiger partial charge is 0.481 e. The lowest BCUT2D eigenvalue weighted by Crippen LogP contribution is -2.08. The Hall–Kier alpha value is -1.85. The molecule has 0 aliphatic heterocycles. The van der Waals surface area contributed by atoms with Crippen LogP contribution in [0.25, 0.3) is 0 Å². The SMILES string of the molecule is O=C(O)Cc1ccccc1CCCCS(=O)(=O)c1ccc(Cl)cc1. The Bertz CT molecular complexity index is 798. The molecule has 0 aromatic heterocycles. The second-order valence-electron chi connectivity index (χ2n) is 5.57. The monoisotopic (exact) mass is 366 g/mol. The van der Waals surface area contributed by atoms with Gasteiger partial charge in [-0.3, -0.25) is 4.79 Å². The zero-order valence-corrected chi connectivity index (χ0v) is 14.7. The highest BCUT2D eigenvalue weighted by atomic mass is 35.5. The molecule has 0 aliphatic rings. The number of hydrogen-bond donors (Lipinski definition) is 1. The van der Waals surface area contributed by atoms with E-state index in [1.54, 1.807) is 18.2 Å². The predicted molar refractivity (Wildman–Crippen MR) is 94.2 cm³/mol. The normalized spacial score (nSPS) is 11.4. The molecule has 0 atom stereocenters. The molecular formula is C18H19ClO4S. The molecule has 0 amide bonds. The summed E-state index contributed by atoms with van der Waals surface area (Å²) >= 11 is 5.77. The van der Waals surface area contributed by atoms with Crippen molar-refractivity contribution in [3.63, 3.8) is 0 Å². The fourth-order valence-corrected chi connectivity index (χ4v) is 4.00. The van der Waals surface area contributed by atoms with Gasteiger partial charge in [-0.15, -0.1) is 0 Å². The summed E-state index contributed by atoms with van der Waals surface area (Å²) in [7, 11) is -3.31. The summed E-state index contributed by atoms with van der Waals surface area (Å²) in [5, 5.41) is 9.43. The average Bonchev–Trinajstić information content (AvgIpc) is 2.53. The summed E-state index contributed by atoms with van der Waals surface area (Å²) in [6, 6.07) is 13.5. The zero-order chi connectivity index (χ0) is 17.6. The first kappa shape index (κ1) is 18.5. The minimum absolute atomic E-state index is 0.0146. The van der Waals surface area contributed by atoms with Gasteiger partial charge in [0.2, 0.25) is 0 Å². The van der Waals surface area contributed by atoms with Gasteiger partial charge in [-0.2, -0.15) is 0 Å². The fraction of sp³-hybridized carbons (Fsp3) is 0.278. The molecular weight excluding hydrogens is 348 g/mol. The van der Waals surface area contributed by atoms with Crippen LogP contribution in [0.1, 0.15) is 24.0 Å². The van der Waals surface area contributed by atoms with Crippen molar-refractivity contribution >= 4 is 27.4 Å². The van der Waals surface area contributed by atoms with Crippen molar-refractivity contribution in [2.24, 2.45) is 0 Å². The van der Waals surface area contributed by atoms with E-state index in [1.165, 1.54) is 12.1 Å². The van der Waals surface area contributed by atoms with Gasteiger partial charge in [-0.25, -0.2) is 8.42 Å². The number of carboxylic acid groups (broad SMARTS) is 1. The van der Waals surface area contributed by atoms with Crippen molar-refractivity contribution < 1.29 is 18.3 Å². The van der Waals surface area contributed by atoms with Gasteiger partial charge < -0.3 is 5.11 Å². The second-order valence-corrected chi connectivity index (χ2v) is 8.11. The highest BCUT2D eigenvalue weighted by Crippen LogP contribution is 2.18. The highest BCUT2D eigenvalue weighted by Gasteiger charge is 2.14. The summed E-state index contributed by atoms with van der Waals surface area (Å²) in [5.41, 5.74) is 1.74. The first-order valence-electron chi connectivity index (χ1n) is 7.65. The van der Waals surface area contributed by atoms with E-state index in [2.05, 4.69) is 0 Å². The Balaban J connectivity index is 1.91. The number of halogens is 1. The molecule has 2 aromatic carbocycles. The lowest BCUT2D eigenvalue weighted by molar-refractivity contribution is -0.136. The maximum absolute atomic E-state index is 12.2. The summed E-state index contributed by atoms with van der Waals surface area (Å²) in [4.78, 5) is 11.2. The maximum Gasteiger partial charge on any atom is 0.307 e. The third kappa shape index (κ3) is 5.35. The summed E-state index contributed by atoms with van der Waals surface area (Å²) in [6.07, 6.45) is 1.86. The molecule has 1 N–H and O–H groups in total. The van der Waals surface area contributed by atoms with Gasteiger partial charge in [0.15, 0.2) is 9.84 Å². The number of carboxylic acids is 1. The van der Waals surface area contributed by atoms with Gasteiger partial charge in [0.1, 0.15) is 0 Å². The molecule has 0 saturated carbocycles. The Morgan fingerprint density at radius 2 is 1.58 bits per heavy atom. The molecule has 128 valence electrons. The smallest absolute Gasteiger partial charge is 0.307 e. The first-order valence-corrected chi connectivity index (χ1v) is 9.68. The van der Waals surface area contributed by atoms with Crippen molar-refractivity contribution in [3.8, 4) is 0 Å². The van der Waals surface area contributed by atoms with Crippen LogP contribution in [0, 0.1) is 0 Å². The van der Waals surface area contributed by atoms with Crippen molar-refractivity contribution in [2.75, 3.05) is 5.75 Å². The molecule has 0 unspecified atom stereocenters. The molecule has 0 spiro atoms. The quantitative estimate of drug-likeness (QED) is 0.722. The van der Waals surface area contributed by atoms with Gasteiger partial charge in [0, 0.05) is 5.02 Å². The van der Waals surface area contributed by atoms with Crippen LogP contribution in [-0.2, 0) is 27.5 Å². The van der Waals surface area contributed by atoms with Crippen LogP contribution in [0.5, 0.6) is 0 Å². The Kier molecular flexibility index (Phi) is 6.40. The summed E-state index contributed by atoms with van der Waals surface area (Å²) in [6.45, 7) is 0. The van der Waals surface area contributed by atoms with E-state index in [9.17, 15) is 13.2 Å². The molecule has 0 fully saturated rings. The van der Waals surface area contributed by atoms with Gasteiger partial charge in [-0.05, 0) is 54.7 Å². The van der Waals surface area contributed by atoms with Crippen LogP contribution in [0.4, 0.5) is 0 Å². The van der Waals surface area contributed by atoms with Crippen LogP contribution < -0.4 is 0 Å². The number of carbonyl (C=O) groups is 1.